The zero-order valence-corrected chi connectivity index (χ0v) is 14.0. The van der Waals surface area contributed by atoms with Crippen LogP contribution in [0.25, 0.3) is 0 Å². The molecule has 1 aromatic heterocycles. The van der Waals surface area contributed by atoms with Crippen molar-refractivity contribution in [2.75, 3.05) is 0 Å². The van der Waals surface area contributed by atoms with Crippen LogP contribution in [0.15, 0.2) is 44.9 Å². The molecule has 2 nitrogen and oxygen atoms in total. The molecular weight excluding hydrogens is 320 g/mol. The van der Waals surface area contributed by atoms with Gasteiger partial charge in [-0.15, -0.1) is 0 Å². The molecule has 0 amide bonds. The molecule has 4 heteroatoms. The average molecular weight is 337 g/mol. The van der Waals surface area contributed by atoms with Gasteiger partial charge in [0.2, 0.25) is 0 Å². The van der Waals surface area contributed by atoms with E-state index in [0.717, 1.165) is 15.5 Å². The van der Waals surface area contributed by atoms with Crippen molar-refractivity contribution in [1.82, 2.24) is 9.97 Å². The number of halogens is 1. The minimum atomic E-state index is 0.192. The Bertz CT molecular complexity index is 553. The normalized spacial score (nSPS) is 11.6. The van der Waals surface area contributed by atoms with Gasteiger partial charge < -0.3 is 0 Å². The Morgan fingerprint density at radius 1 is 1.05 bits per heavy atom. The van der Waals surface area contributed by atoms with Gasteiger partial charge in [0.15, 0.2) is 0 Å². The smallest absolute Gasteiger partial charge is 0.127 e. The quantitative estimate of drug-likeness (QED) is 0.722. The Labute approximate surface area is 127 Å². The van der Waals surface area contributed by atoms with Crippen LogP contribution in [0.3, 0.4) is 0 Å². The van der Waals surface area contributed by atoms with Gasteiger partial charge in [0, 0.05) is 11.0 Å². The van der Waals surface area contributed by atoms with Crippen LogP contribution >= 0.6 is 27.7 Å². The van der Waals surface area contributed by atoms with Gasteiger partial charge in [-0.1, -0.05) is 44.7 Å². The second-order valence-electron chi connectivity index (χ2n) is 5.45. The third-order valence-electron chi connectivity index (χ3n) is 2.73. The molecule has 0 aliphatic rings. The Balaban J connectivity index is 2.20. The van der Waals surface area contributed by atoms with Crippen molar-refractivity contribution >= 4 is 27.7 Å². The first kappa shape index (κ1) is 14.5. The lowest BCUT2D eigenvalue weighted by Gasteiger charge is -2.19. The molecule has 0 unspecified atom stereocenters. The third kappa shape index (κ3) is 4.05. The van der Waals surface area contributed by atoms with Crippen LogP contribution in [-0.4, -0.2) is 9.97 Å². The van der Waals surface area contributed by atoms with Crippen molar-refractivity contribution in [2.24, 2.45) is 0 Å². The van der Waals surface area contributed by atoms with E-state index in [1.807, 2.05) is 13.0 Å². The summed E-state index contributed by atoms with van der Waals surface area (Å²) in [5.41, 5.74) is 1.54. The van der Waals surface area contributed by atoms with Crippen LogP contribution in [0.4, 0.5) is 0 Å². The van der Waals surface area contributed by atoms with E-state index in [2.05, 4.69) is 70.9 Å². The molecule has 1 aromatic carbocycles. The van der Waals surface area contributed by atoms with E-state index in [1.54, 1.807) is 11.8 Å². The predicted molar refractivity (Wildman–Crippen MR) is 83.7 cm³/mol. The van der Waals surface area contributed by atoms with E-state index >= 15 is 0 Å². The van der Waals surface area contributed by atoms with Crippen molar-refractivity contribution in [3.05, 3.63) is 46.3 Å². The van der Waals surface area contributed by atoms with Gasteiger partial charge in [0.25, 0.3) is 0 Å². The van der Waals surface area contributed by atoms with Gasteiger partial charge in [0.1, 0.15) is 15.5 Å². The van der Waals surface area contributed by atoms with Gasteiger partial charge in [-0.25, -0.2) is 9.97 Å². The molecule has 0 bridgehead atoms. The second kappa shape index (κ2) is 5.63. The zero-order valence-electron chi connectivity index (χ0n) is 11.6. The molecule has 2 rings (SSSR count). The molecule has 0 fully saturated rings. The van der Waals surface area contributed by atoms with Crippen molar-refractivity contribution in [3.63, 3.8) is 0 Å². The van der Waals surface area contributed by atoms with E-state index in [1.165, 1.54) is 10.5 Å². The Morgan fingerprint density at radius 2 is 1.68 bits per heavy atom. The lowest BCUT2D eigenvalue weighted by atomic mass is 9.87. The molecule has 100 valence electrons. The van der Waals surface area contributed by atoms with E-state index in [-0.39, 0.29) is 5.41 Å². The van der Waals surface area contributed by atoms with Crippen molar-refractivity contribution in [3.8, 4) is 0 Å². The molecule has 0 spiro atoms. The topological polar surface area (TPSA) is 25.8 Å². The van der Waals surface area contributed by atoms with Crippen LogP contribution in [0.5, 0.6) is 0 Å². The average Bonchev–Trinajstić information content (AvgIpc) is 2.26. The van der Waals surface area contributed by atoms with Crippen LogP contribution < -0.4 is 0 Å². The maximum Gasteiger partial charge on any atom is 0.127 e. The van der Waals surface area contributed by atoms with Gasteiger partial charge in [-0.05, 0) is 46.0 Å². The minimum Gasteiger partial charge on any atom is -0.226 e. The molecule has 0 aliphatic heterocycles. The molecule has 0 atom stereocenters. The van der Waals surface area contributed by atoms with E-state index < -0.39 is 0 Å². The fraction of sp³-hybridized carbons (Fsp3) is 0.333. The minimum absolute atomic E-state index is 0.192. The van der Waals surface area contributed by atoms with Crippen molar-refractivity contribution < 1.29 is 0 Å². The van der Waals surface area contributed by atoms with Crippen LogP contribution in [0.2, 0.25) is 0 Å². The summed E-state index contributed by atoms with van der Waals surface area (Å²) in [6.07, 6.45) is 0. The number of hydrogen-bond donors (Lipinski definition) is 0. The summed E-state index contributed by atoms with van der Waals surface area (Å²) in [5, 5.41) is 0.961. The zero-order chi connectivity index (χ0) is 14.0. The summed E-state index contributed by atoms with van der Waals surface area (Å²) in [5.74, 6) is 0.781. The first-order chi connectivity index (χ1) is 8.84. The molecule has 0 saturated carbocycles. The standard InChI is InChI=1S/C15H17BrN2S/c1-10-17-13(16)9-14(18-10)19-12-7-5-11(6-8-12)15(2,3)4/h5-9H,1-4H3. The predicted octanol–water partition coefficient (Wildman–Crippen LogP) is 5.00. The first-order valence-corrected chi connectivity index (χ1v) is 7.75. The molecule has 19 heavy (non-hydrogen) atoms. The summed E-state index contributed by atoms with van der Waals surface area (Å²) < 4.78 is 0.828. The molecule has 0 saturated heterocycles. The fourth-order valence-electron chi connectivity index (χ4n) is 1.70. The molecule has 0 aliphatic carbocycles. The summed E-state index contributed by atoms with van der Waals surface area (Å²) >= 11 is 5.05. The largest absolute Gasteiger partial charge is 0.226 e. The number of benzene rings is 1. The van der Waals surface area contributed by atoms with Crippen molar-refractivity contribution in [1.29, 1.82) is 0 Å². The molecular formula is C15H17BrN2S. The summed E-state index contributed by atoms with van der Waals surface area (Å²) in [6, 6.07) is 10.6. The molecule has 2 aromatic rings. The number of nitrogens with zero attached hydrogens (tertiary/aromatic N) is 2. The number of hydrogen-bond acceptors (Lipinski definition) is 3. The molecule has 0 N–H and O–H groups in total. The molecule has 1 heterocycles. The SMILES string of the molecule is Cc1nc(Br)cc(Sc2ccc(C(C)(C)C)cc2)n1. The monoisotopic (exact) mass is 336 g/mol. The lowest BCUT2D eigenvalue weighted by molar-refractivity contribution is 0.590. The lowest BCUT2D eigenvalue weighted by Crippen LogP contribution is -2.10. The molecule has 0 radical (unpaired) electrons. The second-order valence-corrected chi connectivity index (χ2v) is 7.36. The van der Waals surface area contributed by atoms with Crippen LogP contribution in [0.1, 0.15) is 32.2 Å². The van der Waals surface area contributed by atoms with E-state index in [9.17, 15) is 0 Å². The van der Waals surface area contributed by atoms with Gasteiger partial charge in [0.05, 0.1) is 0 Å². The first-order valence-electron chi connectivity index (χ1n) is 6.14. The maximum atomic E-state index is 4.42. The van der Waals surface area contributed by atoms with Gasteiger partial charge in [-0.3, -0.25) is 0 Å². The number of aryl methyl sites for hydroxylation is 1. The highest BCUT2D eigenvalue weighted by atomic mass is 79.9. The van der Waals surface area contributed by atoms with Crippen molar-refractivity contribution in [2.45, 2.75) is 43.0 Å². The summed E-state index contributed by atoms with van der Waals surface area (Å²) in [6.45, 7) is 8.57. The number of aromatic nitrogens is 2. The number of rotatable bonds is 2. The van der Waals surface area contributed by atoms with Gasteiger partial charge >= 0.3 is 0 Å². The Hall–Kier alpha value is -0.870. The maximum absolute atomic E-state index is 4.42. The van der Waals surface area contributed by atoms with Crippen LogP contribution in [0, 0.1) is 6.92 Å². The Kier molecular flexibility index (Phi) is 4.31. The highest BCUT2D eigenvalue weighted by Gasteiger charge is 2.13. The van der Waals surface area contributed by atoms with E-state index in [4.69, 9.17) is 0 Å². The summed E-state index contributed by atoms with van der Waals surface area (Å²) in [7, 11) is 0. The fourth-order valence-corrected chi connectivity index (χ4v) is 3.19. The highest BCUT2D eigenvalue weighted by molar-refractivity contribution is 9.10. The van der Waals surface area contributed by atoms with Crippen LogP contribution in [-0.2, 0) is 5.41 Å². The van der Waals surface area contributed by atoms with E-state index in [0.29, 0.717) is 0 Å². The third-order valence-corrected chi connectivity index (χ3v) is 4.06. The highest BCUT2D eigenvalue weighted by Crippen LogP contribution is 2.30. The summed E-state index contributed by atoms with van der Waals surface area (Å²) in [4.78, 5) is 9.83. The van der Waals surface area contributed by atoms with Gasteiger partial charge in [-0.2, -0.15) is 0 Å². The Morgan fingerprint density at radius 3 is 2.21 bits per heavy atom.